The van der Waals surface area contributed by atoms with Crippen molar-refractivity contribution in [2.24, 2.45) is 5.92 Å². The molecule has 1 aliphatic heterocycles. The summed E-state index contributed by atoms with van der Waals surface area (Å²) >= 11 is 0. The van der Waals surface area contributed by atoms with Gasteiger partial charge in [-0.3, -0.25) is 0 Å². The van der Waals surface area contributed by atoms with E-state index in [9.17, 15) is 13.2 Å². The lowest BCUT2D eigenvalue weighted by Gasteiger charge is -2.29. The van der Waals surface area contributed by atoms with Crippen LogP contribution in [0.15, 0.2) is 44.4 Å². The van der Waals surface area contributed by atoms with E-state index in [1.807, 2.05) is 6.92 Å². The molecule has 2 heterocycles. The highest BCUT2D eigenvalue weighted by Crippen LogP contribution is 2.23. The van der Waals surface area contributed by atoms with Crippen LogP contribution in [-0.4, -0.2) is 25.8 Å². The van der Waals surface area contributed by atoms with Gasteiger partial charge in [0.05, 0.1) is 0 Å². The van der Waals surface area contributed by atoms with Crippen molar-refractivity contribution in [2.75, 3.05) is 13.1 Å². The highest BCUT2D eigenvalue weighted by atomic mass is 32.2. The maximum Gasteiger partial charge on any atom is 0.356 e. The monoisotopic (exact) mass is 307 g/mol. The first kappa shape index (κ1) is 14.3. The first-order valence-corrected chi connectivity index (χ1v) is 8.45. The molecular formula is C15H17NO4S. The molecule has 0 unspecified atom stereocenters. The van der Waals surface area contributed by atoms with Crippen molar-refractivity contribution in [1.29, 1.82) is 0 Å². The van der Waals surface area contributed by atoms with Gasteiger partial charge in [0.15, 0.2) is 4.90 Å². The highest BCUT2D eigenvalue weighted by molar-refractivity contribution is 7.89. The quantitative estimate of drug-likeness (QED) is 0.798. The topological polar surface area (TPSA) is 67.6 Å². The lowest BCUT2D eigenvalue weighted by molar-refractivity contribution is 0.280. The van der Waals surface area contributed by atoms with E-state index >= 15 is 0 Å². The van der Waals surface area contributed by atoms with E-state index in [-0.39, 0.29) is 4.90 Å². The molecule has 5 nitrogen and oxygen atoms in total. The van der Waals surface area contributed by atoms with Gasteiger partial charge in [0.25, 0.3) is 0 Å². The van der Waals surface area contributed by atoms with Crippen LogP contribution in [0.4, 0.5) is 0 Å². The first-order chi connectivity index (χ1) is 9.98. The lowest BCUT2D eigenvalue weighted by Crippen LogP contribution is -2.40. The van der Waals surface area contributed by atoms with Crippen LogP contribution in [0.5, 0.6) is 0 Å². The number of piperidine rings is 1. The van der Waals surface area contributed by atoms with Gasteiger partial charge in [-0.1, -0.05) is 25.1 Å². The fourth-order valence-electron chi connectivity index (χ4n) is 2.73. The molecule has 6 heteroatoms. The normalized spacial score (nSPS) is 20.7. The Kier molecular flexibility index (Phi) is 3.59. The number of para-hydroxylation sites is 1. The zero-order chi connectivity index (χ0) is 15.0. The van der Waals surface area contributed by atoms with Gasteiger partial charge in [0.2, 0.25) is 10.0 Å². The molecule has 0 bridgehead atoms. The van der Waals surface area contributed by atoms with Crippen LogP contribution in [0.3, 0.4) is 0 Å². The molecule has 0 aliphatic carbocycles. The van der Waals surface area contributed by atoms with Crippen LogP contribution < -0.4 is 5.63 Å². The van der Waals surface area contributed by atoms with Gasteiger partial charge < -0.3 is 4.42 Å². The Bertz CT molecular complexity index is 825. The van der Waals surface area contributed by atoms with Crippen molar-refractivity contribution in [1.82, 2.24) is 4.31 Å². The van der Waals surface area contributed by atoms with E-state index in [4.69, 9.17) is 4.42 Å². The van der Waals surface area contributed by atoms with Gasteiger partial charge in [0.1, 0.15) is 5.58 Å². The fraction of sp³-hybridized carbons (Fsp3) is 0.400. The number of hydrogen-bond acceptors (Lipinski definition) is 4. The third-order valence-electron chi connectivity index (χ3n) is 3.85. The molecule has 1 saturated heterocycles. The minimum atomic E-state index is -3.79. The Morgan fingerprint density at radius 3 is 2.81 bits per heavy atom. The molecule has 0 amide bonds. The second-order valence-electron chi connectivity index (χ2n) is 5.55. The van der Waals surface area contributed by atoms with Gasteiger partial charge in [-0.2, -0.15) is 4.31 Å². The average molecular weight is 307 g/mol. The smallest absolute Gasteiger partial charge is 0.356 e. The van der Waals surface area contributed by atoms with Crippen LogP contribution in [0.1, 0.15) is 19.8 Å². The Morgan fingerprint density at radius 2 is 2.05 bits per heavy atom. The van der Waals surface area contributed by atoms with E-state index in [1.165, 1.54) is 10.4 Å². The van der Waals surface area contributed by atoms with Crippen LogP contribution in [-0.2, 0) is 10.0 Å². The summed E-state index contributed by atoms with van der Waals surface area (Å²) in [4.78, 5) is 11.8. The van der Waals surface area contributed by atoms with Crippen molar-refractivity contribution in [3.05, 3.63) is 40.8 Å². The average Bonchev–Trinajstić information content (AvgIpc) is 2.46. The Balaban J connectivity index is 2.10. The predicted octanol–water partition coefficient (Wildman–Crippen LogP) is 2.21. The highest BCUT2D eigenvalue weighted by Gasteiger charge is 2.31. The van der Waals surface area contributed by atoms with Crippen molar-refractivity contribution in [3.8, 4) is 0 Å². The molecule has 0 spiro atoms. The van der Waals surface area contributed by atoms with Crippen molar-refractivity contribution >= 4 is 21.0 Å². The number of nitrogens with zero attached hydrogens (tertiary/aromatic N) is 1. The van der Waals surface area contributed by atoms with Crippen LogP contribution in [0, 0.1) is 5.92 Å². The summed E-state index contributed by atoms with van der Waals surface area (Å²) in [5.74, 6) is 0.307. The summed E-state index contributed by atoms with van der Waals surface area (Å²) in [7, 11) is -3.79. The number of sulfonamides is 1. The summed E-state index contributed by atoms with van der Waals surface area (Å²) in [6.45, 7) is 2.93. The van der Waals surface area contributed by atoms with Gasteiger partial charge in [-0.25, -0.2) is 13.2 Å². The Labute approximate surface area is 123 Å². The lowest BCUT2D eigenvalue weighted by atomic mass is 10.0. The molecule has 1 aromatic heterocycles. The number of benzene rings is 1. The molecule has 112 valence electrons. The molecule has 0 radical (unpaired) electrons. The number of hydrogen-bond donors (Lipinski definition) is 0. The van der Waals surface area contributed by atoms with Crippen LogP contribution in [0.25, 0.3) is 11.0 Å². The van der Waals surface area contributed by atoms with E-state index in [0.29, 0.717) is 30.0 Å². The van der Waals surface area contributed by atoms with E-state index in [0.717, 1.165) is 12.8 Å². The summed E-state index contributed by atoms with van der Waals surface area (Å²) < 4.78 is 31.9. The van der Waals surface area contributed by atoms with Crippen LogP contribution in [0.2, 0.25) is 0 Å². The van der Waals surface area contributed by atoms with E-state index < -0.39 is 15.6 Å². The zero-order valence-electron chi connectivity index (χ0n) is 11.8. The van der Waals surface area contributed by atoms with E-state index in [1.54, 1.807) is 24.3 Å². The summed E-state index contributed by atoms with van der Waals surface area (Å²) in [6, 6.07) is 8.31. The van der Waals surface area contributed by atoms with Gasteiger partial charge in [-0.05, 0) is 30.9 Å². The summed E-state index contributed by atoms with van der Waals surface area (Å²) in [5.41, 5.74) is -0.402. The predicted molar refractivity (Wildman–Crippen MR) is 79.6 cm³/mol. The molecule has 1 fully saturated rings. The Morgan fingerprint density at radius 1 is 1.29 bits per heavy atom. The minimum Gasteiger partial charge on any atom is -0.422 e. The largest absolute Gasteiger partial charge is 0.422 e. The summed E-state index contributed by atoms with van der Waals surface area (Å²) in [5, 5.41) is 0.612. The van der Waals surface area contributed by atoms with Crippen molar-refractivity contribution in [2.45, 2.75) is 24.7 Å². The number of fused-ring (bicyclic) bond motifs is 1. The SMILES string of the molecule is C[C@H]1CCCN(S(=O)(=O)c2cc3ccccc3oc2=O)C1. The maximum absolute atomic E-state index is 12.7. The molecular weight excluding hydrogens is 290 g/mol. The second-order valence-corrected chi connectivity index (χ2v) is 7.45. The van der Waals surface area contributed by atoms with Gasteiger partial charge >= 0.3 is 5.63 Å². The summed E-state index contributed by atoms with van der Waals surface area (Å²) in [6.07, 6.45) is 1.83. The fourth-order valence-corrected chi connectivity index (χ4v) is 4.35. The van der Waals surface area contributed by atoms with E-state index in [2.05, 4.69) is 0 Å². The second kappa shape index (κ2) is 5.27. The molecule has 2 aromatic rings. The zero-order valence-corrected chi connectivity index (χ0v) is 12.6. The maximum atomic E-state index is 12.7. The van der Waals surface area contributed by atoms with Crippen molar-refractivity contribution in [3.63, 3.8) is 0 Å². The van der Waals surface area contributed by atoms with Crippen LogP contribution >= 0.6 is 0 Å². The molecule has 1 atom stereocenters. The molecule has 0 saturated carbocycles. The molecule has 0 N–H and O–H groups in total. The minimum absolute atomic E-state index is 0.268. The van der Waals surface area contributed by atoms with Crippen molar-refractivity contribution < 1.29 is 12.8 Å². The number of rotatable bonds is 2. The van der Waals surface area contributed by atoms with Gasteiger partial charge in [0, 0.05) is 18.5 Å². The molecule has 1 aliphatic rings. The first-order valence-electron chi connectivity index (χ1n) is 7.01. The molecule has 3 rings (SSSR count). The van der Waals surface area contributed by atoms with Gasteiger partial charge in [-0.15, -0.1) is 0 Å². The molecule has 1 aromatic carbocycles. The third kappa shape index (κ3) is 2.61. The standard InChI is InChI=1S/C15H17NO4S/c1-11-5-4-8-16(10-11)21(18,19)14-9-12-6-2-3-7-13(12)20-15(14)17/h2-3,6-7,9,11H,4-5,8,10H2,1H3/t11-/m0/s1. The molecule has 21 heavy (non-hydrogen) atoms. The Hall–Kier alpha value is -1.66. The third-order valence-corrected chi connectivity index (χ3v) is 5.70.